The number of hydrogen-bond donors (Lipinski definition) is 2. The van der Waals surface area contributed by atoms with Crippen LogP contribution in [0.4, 0.5) is 0 Å². The fourth-order valence-corrected chi connectivity index (χ4v) is 2.28. The number of aryl methyl sites for hydroxylation is 1. The lowest BCUT2D eigenvalue weighted by molar-refractivity contribution is 0.0950. The van der Waals surface area contributed by atoms with Crippen molar-refractivity contribution in [3.05, 3.63) is 33.8 Å². The first-order valence-electron chi connectivity index (χ1n) is 5.94. The van der Waals surface area contributed by atoms with Crippen LogP contribution in [-0.4, -0.2) is 25.0 Å². The number of rotatable bonds is 3. The Morgan fingerprint density at radius 2 is 2.33 bits per heavy atom. The Bertz CT molecular complexity index is 419. The number of carbonyl (C=O) groups excluding carboxylic acids is 1. The van der Waals surface area contributed by atoms with Crippen molar-refractivity contribution in [1.82, 2.24) is 10.6 Å². The van der Waals surface area contributed by atoms with E-state index in [4.69, 9.17) is 0 Å². The molecule has 0 spiro atoms. The van der Waals surface area contributed by atoms with Crippen molar-refractivity contribution in [1.29, 1.82) is 0 Å². The maximum atomic E-state index is 11.9. The van der Waals surface area contributed by atoms with Gasteiger partial charge in [-0.1, -0.05) is 15.9 Å². The lowest BCUT2D eigenvalue weighted by Gasteiger charge is -2.11. The molecule has 0 saturated carbocycles. The molecular formula is C13H18BrClN2O. The molecule has 2 N–H and O–H groups in total. The SMILES string of the molecule is Cc1cc(C(=O)NCC2CCCN2)ccc1Br.Cl. The normalized spacial score (nSPS) is 18.2. The van der Waals surface area contributed by atoms with Gasteiger partial charge in [0.15, 0.2) is 0 Å². The van der Waals surface area contributed by atoms with Gasteiger partial charge in [0, 0.05) is 22.6 Å². The van der Waals surface area contributed by atoms with Crippen molar-refractivity contribution >= 4 is 34.2 Å². The van der Waals surface area contributed by atoms with Gasteiger partial charge in [0.1, 0.15) is 0 Å². The van der Waals surface area contributed by atoms with E-state index in [1.807, 2.05) is 25.1 Å². The van der Waals surface area contributed by atoms with E-state index in [2.05, 4.69) is 26.6 Å². The number of carbonyl (C=O) groups is 1. The van der Waals surface area contributed by atoms with Crippen LogP contribution in [0.5, 0.6) is 0 Å². The van der Waals surface area contributed by atoms with E-state index in [1.54, 1.807) is 0 Å². The fourth-order valence-electron chi connectivity index (χ4n) is 2.03. The third-order valence-corrected chi connectivity index (χ3v) is 3.98. The predicted octanol–water partition coefficient (Wildman–Crippen LogP) is 2.66. The first-order valence-corrected chi connectivity index (χ1v) is 6.74. The largest absolute Gasteiger partial charge is 0.350 e. The number of nitrogens with one attached hydrogen (secondary N) is 2. The summed E-state index contributed by atoms with van der Waals surface area (Å²) in [6, 6.07) is 6.10. The average Bonchev–Trinajstić information content (AvgIpc) is 2.82. The number of halogens is 2. The van der Waals surface area contributed by atoms with Crippen LogP contribution < -0.4 is 10.6 Å². The summed E-state index contributed by atoms with van der Waals surface area (Å²) in [6.07, 6.45) is 2.36. The molecule has 1 aromatic carbocycles. The molecule has 1 saturated heterocycles. The molecule has 18 heavy (non-hydrogen) atoms. The Kier molecular flexibility index (Phi) is 6.12. The summed E-state index contributed by atoms with van der Waals surface area (Å²) in [5, 5.41) is 6.33. The Hall–Kier alpha value is -0.580. The summed E-state index contributed by atoms with van der Waals surface area (Å²) in [7, 11) is 0. The Morgan fingerprint density at radius 3 is 2.94 bits per heavy atom. The van der Waals surface area contributed by atoms with Crippen LogP contribution in [0, 0.1) is 6.92 Å². The van der Waals surface area contributed by atoms with Gasteiger partial charge < -0.3 is 10.6 Å². The molecule has 1 aromatic rings. The van der Waals surface area contributed by atoms with Gasteiger partial charge in [0.2, 0.25) is 0 Å². The molecule has 0 bridgehead atoms. The number of amides is 1. The maximum Gasteiger partial charge on any atom is 0.251 e. The summed E-state index contributed by atoms with van der Waals surface area (Å²) in [4.78, 5) is 11.9. The lowest BCUT2D eigenvalue weighted by atomic mass is 10.1. The molecule has 3 nitrogen and oxygen atoms in total. The highest BCUT2D eigenvalue weighted by Gasteiger charge is 2.15. The standard InChI is InChI=1S/C13H17BrN2O.ClH/c1-9-7-10(4-5-12(9)14)13(17)16-8-11-3-2-6-15-11;/h4-5,7,11,15H,2-3,6,8H2,1H3,(H,16,17);1H. The van der Waals surface area contributed by atoms with Gasteiger partial charge in [0.05, 0.1) is 0 Å². The molecule has 2 rings (SSSR count). The van der Waals surface area contributed by atoms with Crippen LogP contribution >= 0.6 is 28.3 Å². The fraction of sp³-hybridized carbons (Fsp3) is 0.462. The van der Waals surface area contributed by atoms with Crippen molar-refractivity contribution in [2.24, 2.45) is 0 Å². The van der Waals surface area contributed by atoms with E-state index < -0.39 is 0 Å². The van der Waals surface area contributed by atoms with Crippen molar-refractivity contribution in [2.75, 3.05) is 13.1 Å². The topological polar surface area (TPSA) is 41.1 Å². The molecule has 1 heterocycles. The Labute approximate surface area is 122 Å². The molecular weight excluding hydrogens is 316 g/mol. The highest BCUT2D eigenvalue weighted by Crippen LogP contribution is 2.17. The predicted molar refractivity (Wildman–Crippen MR) is 79.5 cm³/mol. The Balaban J connectivity index is 0.00000162. The summed E-state index contributed by atoms with van der Waals surface area (Å²) >= 11 is 3.43. The molecule has 1 unspecified atom stereocenters. The molecule has 1 aliphatic heterocycles. The molecule has 100 valence electrons. The van der Waals surface area contributed by atoms with Crippen molar-refractivity contribution in [2.45, 2.75) is 25.8 Å². The van der Waals surface area contributed by atoms with Gasteiger partial charge >= 0.3 is 0 Å². The molecule has 0 aromatic heterocycles. The molecule has 1 fully saturated rings. The third-order valence-electron chi connectivity index (χ3n) is 3.09. The van der Waals surface area contributed by atoms with Crippen LogP contribution in [0.1, 0.15) is 28.8 Å². The van der Waals surface area contributed by atoms with Gasteiger partial charge in [-0.15, -0.1) is 12.4 Å². The van der Waals surface area contributed by atoms with E-state index >= 15 is 0 Å². The third kappa shape index (κ3) is 3.97. The summed E-state index contributed by atoms with van der Waals surface area (Å²) in [6.45, 7) is 3.77. The molecule has 0 aliphatic carbocycles. The highest BCUT2D eigenvalue weighted by molar-refractivity contribution is 9.10. The second-order valence-electron chi connectivity index (χ2n) is 4.47. The second-order valence-corrected chi connectivity index (χ2v) is 5.32. The molecule has 1 amide bonds. The minimum Gasteiger partial charge on any atom is -0.350 e. The van der Waals surface area contributed by atoms with Crippen molar-refractivity contribution < 1.29 is 4.79 Å². The van der Waals surface area contributed by atoms with Crippen LogP contribution in [0.3, 0.4) is 0 Å². The zero-order chi connectivity index (χ0) is 12.3. The Morgan fingerprint density at radius 1 is 1.56 bits per heavy atom. The second kappa shape index (κ2) is 7.12. The lowest BCUT2D eigenvalue weighted by Crippen LogP contribution is -2.37. The van der Waals surface area contributed by atoms with Gasteiger partial charge in [0.25, 0.3) is 5.91 Å². The van der Waals surface area contributed by atoms with Gasteiger partial charge in [-0.3, -0.25) is 4.79 Å². The van der Waals surface area contributed by atoms with Gasteiger partial charge in [-0.25, -0.2) is 0 Å². The van der Waals surface area contributed by atoms with E-state index in [1.165, 1.54) is 6.42 Å². The zero-order valence-electron chi connectivity index (χ0n) is 10.3. The van der Waals surface area contributed by atoms with Crippen LogP contribution in [-0.2, 0) is 0 Å². The zero-order valence-corrected chi connectivity index (χ0v) is 12.7. The van der Waals surface area contributed by atoms with Crippen LogP contribution in [0.25, 0.3) is 0 Å². The smallest absolute Gasteiger partial charge is 0.251 e. The summed E-state index contributed by atoms with van der Waals surface area (Å²) in [5.74, 6) is 0.00861. The minimum atomic E-state index is 0. The highest BCUT2D eigenvalue weighted by atomic mass is 79.9. The quantitative estimate of drug-likeness (QED) is 0.893. The van der Waals surface area contributed by atoms with Gasteiger partial charge in [-0.05, 0) is 50.1 Å². The summed E-state index contributed by atoms with van der Waals surface area (Å²) < 4.78 is 1.03. The van der Waals surface area contributed by atoms with Gasteiger partial charge in [-0.2, -0.15) is 0 Å². The molecule has 1 atom stereocenters. The first-order chi connectivity index (χ1) is 8.16. The van der Waals surface area contributed by atoms with E-state index in [9.17, 15) is 4.79 Å². The number of hydrogen-bond acceptors (Lipinski definition) is 2. The van der Waals surface area contributed by atoms with Crippen molar-refractivity contribution in [3.63, 3.8) is 0 Å². The minimum absolute atomic E-state index is 0. The average molecular weight is 334 g/mol. The van der Waals surface area contributed by atoms with E-state index in [0.29, 0.717) is 12.6 Å². The molecule has 1 aliphatic rings. The van der Waals surface area contributed by atoms with E-state index in [0.717, 1.165) is 28.6 Å². The molecule has 0 radical (unpaired) electrons. The van der Waals surface area contributed by atoms with Crippen LogP contribution in [0.15, 0.2) is 22.7 Å². The van der Waals surface area contributed by atoms with E-state index in [-0.39, 0.29) is 18.3 Å². The van der Waals surface area contributed by atoms with Crippen molar-refractivity contribution in [3.8, 4) is 0 Å². The summed E-state index contributed by atoms with van der Waals surface area (Å²) in [5.41, 5.74) is 1.81. The molecule has 5 heteroatoms. The first kappa shape index (κ1) is 15.5. The number of benzene rings is 1. The maximum absolute atomic E-state index is 11.9. The monoisotopic (exact) mass is 332 g/mol. The van der Waals surface area contributed by atoms with Crippen LogP contribution in [0.2, 0.25) is 0 Å².